The fraction of sp³-hybridized carbons (Fsp3) is 0.261. The molecule has 0 atom stereocenters. The predicted molar refractivity (Wildman–Crippen MR) is 121 cm³/mol. The molecule has 0 N–H and O–H groups in total. The van der Waals surface area contributed by atoms with Crippen LogP contribution in [0.2, 0.25) is 0 Å². The Morgan fingerprint density at radius 1 is 1.00 bits per heavy atom. The maximum Gasteiger partial charge on any atom is 0.254 e. The van der Waals surface area contributed by atoms with Gasteiger partial charge in [0.15, 0.2) is 10.8 Å². The van der Waals surface area contributed by atoms with Gasteiger partial charge in [0.1, 0.15) is 5.82 Å². The van der Waals surface area contributed by atoms with Gasteiger partial charge in [0.2, 0.25) is 0 Å². The van der Waals surface area contributed by atoms with Gasteiger partial charge in [0, 0.05) is 31.7 Å². The minimum atomic E-state index is -0.277. The van der Waals surface area contributed by atoms with E-state index in [0.29, 0.717) is 13.1 Å². The number of rotatable bonds is 3. The highest BCUT2D eigenvalue weighted by atomic mass is 32.1. The van der Waals surface area contributed by atoms with Crippen LogP contribution in [0.5, 0.6) is 0 Å². The van der Waals surface area contributed by atoms with Crippen molar-refractivity contribution in [3.05, 3.63) is 71.2 Å². The van der Waals surface area contributed by atoms with Crippen molar-refractivity contribution in [1.82, 2.24) is 19.7 Å². The Bertz CT molecular complexity index is 1250. The smallest absolute Gasteiger partial charge is 0.254 e. The predicted octanol–water partition coefficient (Wildman–Crippen LogP) is 4.20. The number of aryl methyl sites for hydroxylation is 2. The summed E-state index contributed by atoms with van der Waals surface area (Å²) < 4.78 is 16.1. The van der Waals surface area contributed by atoms with E-state index >= 15 is 0 Å². The Balaban J connectivity index is 1.35. The number of anilines is 1. The molecule has 6 nitrogen and oxygen atoms in total. The minimum Gasteiger partial charge on any atom is -0.344 e. The van der Waals surface area contributed by atoms with E-state index in [1.165, 1.54) is 12.1 Å². The Morgan fingerprint density at radius 2 is 1.71 bits per heavy atom. The topological polar surface area (TPSA) is 54.3 Å². The van der Waals surface area contributed by atoms with Crippen LogP contribution in [0.1, 0.15) is 21.6 Å². The summed E-state index contributed by atoms with van der Waals surface area (Å²) in [6, 6.07) is 14.0. The molecule has 5 rings (SSSR count). The molecule has 1 fully saturated rings. The molecule has 158 valence electrons. The number of hydrogen-bond donors (Lipinski definition) is 0. The molecule has 2 aromatic heterocycles. The van der Waals surface area contributed by atoms with E-state index in [4.69, 9.17) is 4.98 Å². The van der Waals surface area contributed by atoms with Crippen LogP contribution < -0.4 is 4.90 Å². The highest BCUT2D eigenvalue weighted by Crippen LogP contribution is 2.33. The Kier molecular flexibility index (Phi) is 4.94. The molecule has 0 bridgehead atoms. The lowest BCUT2D eigenvalue weighted by molar-refractivity contribution is 0.0746. The van der Waals surface area contributed by atoms with Gasteiger partial charge < -0.3 is 9.80 Å². The number of nitrogens with zero attached hydrogens (tertiary/aromatic N) is 5. The summed E-state index contributed by atoms with van der Waals surface area (Å²) in [4.78, 5) is 21.9. The average Bonchev–Trinajstić information content (AvgIpc) is 3.35. The number of benzene rings is 2. The average molecular weight is 436 g/mol. The van der Waals surface area contributed by atoms with E-state index in [0.717, 1.165) is 51.1 Å². The van der Waals surface area contributed by atoms with Crippen LogP contribution in [0.25, 0.3) is 16.0 Å². The van der Waals surface area contributed by atoms with Crippen molar-refractivity contribution in [3.8, 4) is 5.69 Å². The molecular weight excluding hydrogens is 413 g/mol. The lowest BCUT2D eigenvalue weighted by Gasteiger charge is -2.34. The van der Waals surface area contributed by atoms with Crippen LogP contribution in [0.15, 0.2) is 48.5 Å². The van der Waals surface area contributed by atoms with Gasteiger partial charge in [-0.25, -0.2) is 9.07 Å². The van der Waals surface area contributed by atoms with Gasteiger partial charge in [-0.15, -0.1) is 0 Å². The number of halogens is 1. The SMILES string of the molecule is Cc1ccccc1C(=O)N1CCN(c2nc3c(s2)c(C)nn3-c2ccc(F)cc2)CC1. The van der Waals surface area contributed by atoms with Gasteiger partial charge in [-0.1, -0.05) is 29.5 Å². The number of piperazine rings is 1. The van der Waals surface area contributed by atoms with E-state index in [1.54, 1.807) is 28.2 Å². The van der Waals surface area contributed by atoms with Crippen molar-refractivity contribution in [2.24, 2.45) is 0 Å². The van der Waals surface area contributed by atoms with Crippen molar-refractivity contribution in [3.63, 3.8) is 0 Å². The zero-order valence-corrected chi connectivity index (χ0v) is 18.2. The number of carbonyl (C=O) groups is 1. The summed E-state index contributed by atoms with van der Waals surface area (Å²) >= 11 is 1.61. The molecule has 8 heteroatoms. The molecule has 2 aromatic carbocycles. The maximum absolute atomic E-state index is 13.3. The van der Waals surface area contributed by atoms with Gasteiger partial charge in [0.25, 0.3) is 5.91 Å². The summed E-state index contributed by atoms with van der Waals surface area (Å²) in [6.45, 7) is 6.71. The highest BCUT2D eigenvalue weighted by Gasteiger charge is 2.26. The summed E-state index contributed by atoms with van der Waals surface area (Å²) in [5.74, 6) is -0.189. The van der Waals surface area contributed by atoms with Crippen LogP contribution in [0.4, 0.5) is 9.52 Å². The van der Waals surface area contributed by atoms with Crippen LogP contribution in [-0.4, -0.2) is 51.8 Å². The monoisotopic (exact) mass is 435 g/mol. The minimum absolute atomic E-state index is 0.0878. The molecule has 1 saturated heterocycles. The number of aromatic nitrogens is 3. The Morgan fingerprint density at radius 3 is 2.42 bits per heavy atom. The third kappa shape index (κ3) is 3.57. The van der Waals surface area contributed by atoms with Crippen LogP contribution >= 0.6 is 11.3 Å². The molecule has 3 heterocycles. The number of hydrogen-bond acceptors (Lipinski definition) is 5. The molecule has 0 radical (unpaired) electrons. The second-order valence-corrected chi connectivity index (χ2v) is 8.69. The van der Waals surface area contributed by atoms with Crippen molar-refractivity contribution in [2.45, 2.75) is 13.8 Å². The zero-order valence-electron chi connectivity index (χ0n) is 17.4. The van der Waals surface area contributed by atoms with Gasteiger partial charge in [0.05, 0.1) is 16.1 Å². The number of thiazole rings is 1. The second kappa shape index (κ2) is 7.77. The van der Waals surface area contributed by atoms with Crippen LogP contribution in [0.3, 0.4) is 0 Å². The molecule has 1 amide bonds. The van der Waals surface area contributed by atoms with Gasteiger partial charge >= 0.3 is 0 Å². The molecule has 0 unspecified atom stereocenters. The molecule has 1 aliphatic heterocycles. The molecule has 0 saturated carbocycles. The zero-order chi connectivity index (χ0) is 21.5. The Labute approximate surface area is 183 Å². The lowest BCUT2D eigenvalue weighted by Crippen LogP contribution is -2.48. The highest BCUT2D eigenvalue weighted by molar-refractivity contribution is 7.22. The lowest BCUT2D eigenvalue weighted by atomic mass is 10.1. The fourth-order valence-electron chi connectivity index (χ4n) is 3.90. The van der Waals surface area contributed by atoms with Crippen LogP contribution in [-0.2, 0) is 0 Å². The van der Waals surface area contributed by atoms with E-state index in [-0.39, 0.29) is 11.7 Å². The van der Waals surface area contributed by atoms with E-state index in [2.05, 4.69) is 10.00 Å². The largest absolute Gasteiger partial charge is 0.344 e. The van der Waals surface area contributed by atoms with E-state index < -0.39 is 0 Å². The fourth-order valence-corrected chi connectivity index (χ4v) is 4.94. The van der Waals surface area contributed by atoms with Crippen molar-refractivity contribution in [2.75, 3.05) is 31.1 Å². The number of fused-ring (bicyclic) bond motifs is 1. The number of carbonyl (C=O) groups excluding carboxylic acids is 1. The quantitative estimate of drug-likeness (QED) is 0.484. The molecule has 0 spiro atoms. The van der Waals surface area contributed by atoms with Crippen molar-refractivity contribution >= 4 is 32.7 Å². The van der Waals surface area contributed by atoms with Crippen molar-refractivity contribution < 1.29 is 9.18 Å². The first-order chi connectivity index (χ1) is 15.0. The molecule has 1 aliphatic rings. The summed E-state index contributed by atoms with van der Waals surface area (Å²) in [7, 11) is 0. The van der Waals surface area contributed by atoms with Gasteiger partial charge in [-0.3, -0.25) is 4.79 Å². The summed E-state index contributed by atoms with van der Waals surface area (Å²) in [5.41, 5.74) is 4.23. The second-order valence-electron chi connectivity index (χ2n) is 7.72. The Hall–Kier alpha value is -3.26. The standard InChI is InChI=1S/C23H22FN5OS/c1-15-5-3-4-6-19(15)22(30)27-11-13-28(14-12-27)23-25-21-20(31-23)16(2)26-29(21)18-9-7-17(24)8-10-18/h3-10H,11-14H2,1-2H3. The van der Waals surface area contributed by atoms with E-state index in [1.807, 2.05) is 43.0 Å². The maximum atomic E-state index is 13.3. The van der Waals surface area contributed by atoms with Crippen LogP contribution in [0, 0.1) is 19.7 Å². The number of amides is 1. The normalized spacial score (nSPS) is 14.4. The molecule has 0 aliphatic carbocycles. The first-order valence-electron chi connectivity index (χ1n) is 10.2. The van der Waals surface area contributed by atoms with E-state index in [9.17, 15) is 9.18 Å². The van der Waals surface area contributed by atoms with Crippen molar-refractivity contribution in [1.29, 1.82) is 0 Å². The molecule has 4 aromatic rings. The first kappa shape index (κ1) is 19.7. The summed E-state index contributed by atoms with van der Waals surface area (Å²) in [5, 5.41) is 5.51. The summed E-state index contributed by atoms with van der Waals surface area (Å²) in [6.07, 6.45) is 0. The molecule has 31 heavy (non-hydrogen) atoms. The third-order valence-electron chi connectivity index (χ3n) is 5.66. The first-order valence-corrected chi connectivity index (χ1v) is 11.0. The molecular formula is C23H22FN5OS. The third-order valence-corrected chi connectivity index (χ3v) is 6.88. The van der Waals surface area contributed by atoms with Gasteiger partial charge in [-0.2, -0.15) is 10.1 Å². The van der Waals surface area contributed by atoms with Gasteiger partial charge in [-0.05, 0) is 49.7 Å².